The van der Waals surface area contributed by atoms with Crippen molar-refractivity contribution in [2.45, 2.75) is 18.9 Å². The van der Waals surface area contributed by atoms with Crippen molar-refractivity contribution in [3.63, 3.8) is 0 Å². The zero-order valence-electron chi connectivity index (χ0n) is 23.7. The molecule has 4 aromatic heterocycles. The quantitative estimate of drug-likeness (QED) is 0.287. The van der Waals surface area contributed by atoms with Crippen molar-refractivity contribution in [3.8, 4) is 0 Å². The lowest BCUT2D eigenvalue weighted by Gasteiger charge is -2.34. The van der Waals surface area contributed by atoms with Gasteiger partial charge in [-0.05, 0) is 61.7 Å². The molecule has 2 aliphatic heterocycles. The van der Waals surface area contributed by atoms with Gasteiger partial charge in [0, 0.05) is 62.3 Å². The first kappa shape index (κ1) is 26.6. The molecule has 2 fully saturated rings. The number of likely N-dealkylation sites (N-methyl/N-ethyl adjacent to an activating group) is 1. The highest BCUT2D eigenvalue weighted by molar-refractivity contribution is 7.20. The highest BCUT2D eigenvalue weighted by Gasteiger charge is 2.25. The second-order valence-corrected chi connectivity index (χ2v) is 12.2. The molecule has 7 rings (SSSR count). The molecule has 9 nitrogen and oxygen atoms in total. The zero-order valence-corrected chi connectivity index (χ0v) is 24.5. The number of benzene rings is 1. The Hall–Kier alpha value is -4.28. The molecular formula is C32H34N8OS. The number of thiophene rings is 1. The molecule has 5 aromatic rings. The van der Waals surface area contributed by atoms with Gasteiger partial charge in [-0.15, -0.1) is 11.3 Å². The lowest BCUT2D eigenvalue weighted by molar-refractivity contribution is 0.0937. The molecule has 0 bridgehead atoms. The average molecular weight is 579 g/mol. The monoisotopic (exact) mass is 578 g/mol. The van der Waals surface area contributed by atoms with Crippen molar-refractivity contribution < 1.29 is 4.79 Å². The Morgan fingerprint density at radius 2 is 1.83 bits per heavy atom. The van der Waals surface area contributed by atoms with Crippen LogP contribution in [0.15, 0.2) is 73.1 Å². The number of rotatable bonds is 6. The molecule has 214 valence electrons. The maximum absolute atomic E-state index is 13.1. The van der Waals surface area contributed by atoms with Crippen LogP contribution in [0.25, 0.3) is 21.1 Å². The van der Waals surface area contributed by atoms with Crippen LogP contribution < -0.4 is 20.4 Å². The third-order valence-electron chi connectivity index (χ3n) is 8.16. The van der Waals surface area contributed by atoms with Gasteiger partial charge in [-0.1, -0.05) is 18.2 Å². The number of amides is 1. The van der Waals surface area contributed by atoms with Gasteiger partial charge in [0.2, 0.25) is 0 Å². The molecule has 0 radical (unpaired) electrons. The summed E-state index contributed by atoms with van der Waals surface area (Å²) in [5.74, 6) is 1.63. The molecule has 2 aliphatic rings. The van der Waals surface area contributed by atoms with Gasteiger partial charge in [-0.3, -0.25) is 9.78 Å². The number of carbonyl (C=O) groups is 1. The van der Waals surface area contributed by atoms with Gasteiger partial charge in [0.05, 0.1) is 28.0 Å². The molecule has 0 spiro atoms. The fourth-order valence-corrected chi connectivity index (χ4v) is 6.77. The molecule has 0 saturated carbocycles. The van der Waals surface area contributed by atoms with Gasteiger partial charge in [0.1, 0.15) is 17.2 Å². The highest BCUT2D eigenvalue weighted by atomic mass is 32.1. The number of hydrogen-bond acceptors (Lipinski definition) is 9. The molecule has 2 N–H and O–H groups in total. The van der Waals surface area contributed by atoms with E-state index in [1.165, 1.54) is 0 Å². The van der Waals surface area contributed by atoms with Gasteiger partial charge in [-0.2, -0.15) is 0 Å². The minimum absolute atomic E-state index is 0.00725. The molecule has 6 heterocycles. The van der Waals surface area contributed by atoms with Gasteiger partial charge >= 0.3 is 0 Å². The Balaban J connectivity index is 1.08. The maximum atomic E-state index is 13.1. The van der Waals surface area contributed by atoms with Crippen LogP contribution >= 0.6 is 11.3 Å². The van der Waals surface area contributed by atoms with E-state index < -0.39 is 0 Å². The number of piperidine rings is 1. The van der Waals surface area contributed by atoms with E-state index in [2.05, 4.69) is 55.6 Å². The Morgan fingerprint density at radius 1 is 0.952 bits per heavy atom. The molecule has 1 atom stereocenters. The predicted octanol–water partition coefficient (Wildman–Crippen LogP) is 5.13. The molecule has 42 heavy (non-hydrogen) atoms. The first-order valence-corrected chi connectivity index (χ1v) is 15.4. The van der Waals surface area contributed by atoms with Crippen molar-refractivity contribution in [2.24, 2.45) is 0 Å². The van der Waals surface area contributed by atoms with E-state index >= 15 is 0 Å². The van der Waals surface area contributed by atoms with Gasteiger partial charge in [-0.25, -0.2) is 9.97 Å². The average Bonchev–Trinajstić information content (AvgIpc) is 3.47. The summed E-state index contributed by atoms with van der Waals surface area (Å²) in [7, 11) is 2.16. The van der Waals surface area contributed by atoms with Crippen LogP contribution in [0, 0.1) is 0 Å². The largest absolute Gasteiger partial charge is 0.368 e. The van der Waals surface area contributed by atoms with Crippen LogP contribution in [-0.4, -0.2) is 78.1 Å². The third-order valence-corrected chi connectivity index (χ3v) is 9.27. The summed E-state index contributed by atoms with van der Waals surface area (Å²) in [5.41, 5.74) is 3.64. The fraction of sp³-hybridized carbons (Fsp3) is 0.312. The van der Waals surface area contributed by atoms with Crippen LogP contribution in [0.1, 0.15) is 22.5 Å². The highest BCUT2D eigenvalue weighted by Crippen LogP contribution is 2.30. The van der Waals surface area contributed by atoms with Crippen molar-refractivity contribution >= 4 is 61.4 Å². The fourth-order valence-electron chi connectivity index (χ4n) is 5.81. The molecule has 2 saturated heterocycles. The van der Waals surface area contributed by atoms with Crippen molar-refractivity contribution in [2.75, 3.05) is 61.4 Å². The number of piperazine rings is 1. The summed E-state index contributed by atoms with van der Waals surface area (Å²) in [6.45, 7) is 5.72. The van der Waals surface area contributed by atoms with Gasteiger partial charge in [0.25, 0.3) is 5.91 Å². The molecule has 10 heteroatoms. The van der Waals surface area contributed by atoms with Crippen molar-refractivity contribution in [1.82, 2.24) is 25.2 Å². The molecule has 1 aromatic carbocycles. The lowest BCUT2D eigenvalue weighted by atomic mass is 10.1. The summed E-state index contributed by atoms with van der Waals surface area (Å²) in [6, 6.07) is 20.3. The predicted molar refractivity (Wildman–Crippen MR) is 171 cm³/mol. The summed E-state index contributed by atoms with van der Waals surface area (Å²) < 4.78 is 1.13. The SMILES string of the molecule is CN1CCN(c2ccc(Nc3cc(N4CCCC(NC(=O)c5cc6ccccc6s5)C4)nc4cccnc34)nc2)CC1. The van der Waals surface area contributed by atoms with Crippen molar-refractivity contribution in [3.05, 3.63) is 77.9 Å². The van der Waals surface area contributed by atoms with E-state index in [0.717, 1.165) is 94.6 Å². The minimum Gasteiger partial charge on any atom is -0.368 e. The van der Waals surface area contributed by atoms with Crippen LogP contribution in [0.2, 0.25) is 0 Å². The Morgan fingerprint density at radius 3 is 2.67 bits per heavy atom. The normalized spacial score (nSPS) is 18.0. The number of hydrogen-bond donors (Lipinski definition) is 2. The molecule has 1 amide bonds. The minimum atomic E-state index is -0.00725. The topological polar surface area (TPSA) is 89.5 Å². The van der Waals surface area contributed by atoms with E-state index in [-0.39, 0.29) is 11.9 Å². The standard InChI is InChI=1S/C32H34N8OS/c1-38-14-16-39(17-15-38)24-10-11-29(34-20-24)36-26-19-30(37-25-8-4-12-33-31(25)26)40-13-5-7-23(21-40)35-32(41)28-18-22-6-2-3-9-27(22)42-28/h2-4,6,8-12,18-20,23H,5,7,13-17,21H2,1H3,(H,35,41)(H,34,36,37). The van der Waals surface area contributed by atoms with Gasteiger partial charge in [0.15, 0.2) is 0 Å². The first-order chi connectivity index (χ1) is 20.6. The van der Waals surface area contributed by atoms with Crippen LogP contribution in [0.3, 0.4) is 0 Å². The Kier molecular flexibility index (Phi) is 7.31. The van der Waals surface area contributed by atoms with Crippen LogP contribution in [0.5, 0.6) is 0 Å². The smallest absolute Gasteiger partial charge is 0.261 e. The third kappa shape index (κ3) is 5.60. The zero-order chi connectivity index (χ0) is 28.5. The van der Waals surface area contributed by atoms with E-state index in [4.69, 9.17) is 9.97 Å². The molecule has 0 aliphatic carbocycles. The first-order valence-electron chi connectivity index (χ1n) is 14.6. The van der Waals surface area contributed by atoms with Gasteiger partial charge < -0.3 is 25.3 Å². The molecule has 1 unspecified atom stereocenters. The van der Waals surface area contributed by atoms with Crippen LogP contribution in [0.4, 0.5) is 23.0 Å². The summed E-state index contributed by atoms with van der Waals surface area (Å²) in [5, 5.41) is 7.89. The summed E-state index contributed by atoms with van der Waals surface area (Å²) >= 11 is 1.54. The summed E-state index contributed by atoms with van der Waals surface area (Å²) in [6.07, 6.45) is 5.65. The number of fused-ring (bicyclic) bond motifs is 2. The maximum Gasteiger partial charge on any atom is 0.261 e. The summed E-state index contributed by atoms with van der Waals surface area (Å²) in [4.78, 5) is 35.2. The Labute approximate surface area is 249 Å². The number of anilines is 4. The van der Waals surface area contributed by atoms with E-state index in [1.54, 1.807) is 17.5 Å². The lowest BCUT2D eigenvalue weighted by Crippen LogP contribution is -2.48. The van der Waals surface area contributed by atoms with Crippen molar-refractivity contribution in [1.29, 1.82) is 0 Å². The Bertz CT molecular complexity index is 1680. The van der Waals surface area contributed by atoms with E-state index in [1.807, 2.05) is 48.7 Å². The second kappa shape index (κ2) is 11.5. The number of nitrogens with one attached hydrogen (secondary N) is 2. The number of aromatic nitrogens is 3. The number of nitrogens with zero attached hydrogens (tertiary/aromatic N) is 6. The number of carbonyl (C=O) groups excluding carboxylic acids is 1. The number of pyridine rings is 3. The van der Waals surface area contributed by atoms with E-state index in [9.17, 15) is 4.79 Å². The van der Waals surface area contributed by atoms with E-state index in [0.29, 0.717) is 6.54 Å². The second-order valence-electron chi connectivity index (χ2n) is 11.1. The van der Waals surface area contributed by atoms with Crippen LogP contribution in [-0.2, 0) is 0 Å². The molecular weight excluding hydrogens is 544 g/mol.